The Morgan fingerprint density at radius 3 is 2.31 bits per heavy atom. The van der Waals surface area contributed by atoms with Crippen LogP contribution >= 0.6 is 0 Å². The molecule has 4 aromatic rings. The van der Waals surface area contributed by atoms with Gasteiger partial charge in [0.15, 0.2) is 0 Å². The predicted molar refractivity (Wildman–Crippen MR) is 121 cm³/mol. The lowest BCUT2D eigenvalue weighted by Gasteiger charge is -2.17. The van der Waals surface area contributed by atoms with Crippen molar-refractivity contribution in [3.05, 3.63) is 94.5 Å². The molecule has 0 bridgehead atoms. The van der Waals surface area contributed by atoms with Crippen molar-refractivity contribution in [2.45, 2.75) is 26.9 Å². The number of amides is 1. The Morgan fingerprint density at radius 1 is 0.906 bits per heavy atom. The number of hydrogen-bond donors (Lipinski definition) is 1. The fourth-order valence-corrected chi connectivity index (χ4v) is 3.95. The first-order chi connectivity index (χ1) is 15.1. The number of pyridine rings is 1. The SMILES string of the molecule is Cc1cc(C)c2nc(-c3ccccc3)c(C)c(C(=O)Nc3cccc(C(F)(F)F)c3)c2c1. The van der Waals surface area contributed by atoms with Gasteiger partial charge in [0, 0.05) is 16.6 Å². The summed E-state index contributed by atoms with van der Waals surface area (Å²) in [6, 6.07) is 18.0. The largest absolute Gasteiger partial charge is 0.416 e. The van der Waals surface area contributed by atoms with E-state index < -0.39 is 17.6 Å². The number of benzene rings is 3. The van der Waals surface area contributed by atoms with Crippen molar-refractivity contribution in [2.24, 2.45) is 0 Å². The molecule has 0 fully saturated rings. The van der Waals surface area contributed by atoms with Crippen molar-refractivity contribution >= 4 is 22.5 Å². The van der Waals surface area contributed by atoms with E-state index in [2.05, 4.69) is 5.32 Å². The molecule has 1 N–H and O–H groups in total. The van der Waals surface area contributed by atoms with Gasteiger partial charge in [0.05, 0.1) is 22.3 Å². The maximum Gasteiger partial charge on any atom is 0.416 e. The Balaban J connectivity index is 1.89. The molecule has 32 heavy (non-hydrogen) atoms. The second-order valence-corrected chi connectivity index (χ2v) is 7.84. The summed E-state index contributed by atoms with van der Waals surface area (Å²) < 4.78 is 39.3. The van der Waals surface area contributed by atoms with Crippen LogP contribution in [0.25, 0.3) is 22.2 Å². The van der Waals surface area contributed by atoms with Gasteiger partial charge >= 0.3 is 6.18 Å². The summed E-state index contributed by atoms with van der Waals surface area (Å²) >= 11 is 0. The molecule has 1 aromatic heterocycles. The molecule has 4 rings (SSSR count). The zero-order valence-corrected chi connectivity index (χ0v) is 17.8. The Morgan fingerprint density at radius 2 is 1.62 bits per heavy atom. The standard InChI is InChI=1S/C26H21F3N2O/c1-15-12-16(2)23-21(13-15)22(17(3)24(31-23)18-8-5-4-6-9-18)25(32)30-20-11-7-10-19(14-20)26(27,28)29/h4-14H,1-3H3,(H,30,32). The van der Waals surface area contributed by atoms with Gasteiger partial charge in [-0.1, -0.05) is 48.0 Å². The lowest BCUT2D eigenvalue weighted by molar-refractivity contribution is -0.137. The van der Waals surface area contributed by atoms with Crippen LogP contribution in [0.3, 0.4) is 0 Å². The van der Waals surface area contributed by atoms with Gasteiger partial charge in [0.25, 0.3) is 5.91 Å². The van der Waals surface area contributed by atoms with E-state index in [9.17, 15) is 18.0 Å². The number of alkyl halides is 3. The quantitative estimate of drug-likeness (QED) is 0.374. The average molecular weight is 434 g/mol. The highest BCUT2D eigenvalue weighted by atomic mass is 19.4. The highest BCUT2D eigenvalue weighted by Gasteiger charge is 2.30. The van der Waals surface area contributed by atoms with Gasteiger partial charge in [-0.3, -0.25) is 4.79 Å². The molecule has 1 amide bonds. The molecule has 162 valence electrons. The number of aryl methyl sites for hydroxylation is 2. The van der Waals surface area contributed by atoms with E-state index in [1.165, 1.54) is 12.1 Å². The van der Waals surface area contributed by atoms with Crippen molar-refractivity contribution in [1.82, 2.24) is 4.98 Å². The van der Waals surface area contributed by atoms with Crippen LogP contribution in [-0.2, 0) is 6.18 Å². The molecule has 0 unspecified atom stereocenters. The maximum absolute atomic E-state index is 13.4. The lowest BCUT2D eigenvalue weighted by atomic mass is 9.94. The summed E-state index contributed by atoms with van der Waals surface area (Å²) in [5.74, 6) is -0.476. The topological polar surface area (TPSA) is 42.0 Å². The van der Waals surface area contributed by atoms with E-state index >= 15 is 0 Å². The third kappa shape index (κ3) is 4.08. The van der Waals surface area contributed by atoms with Crippen LogP contribution in [-0.4, -0.2) is 10.9 Å². The molecule has 1 heterocycles. The number of nitrogens with zero attached hydrogens (tertiary/aromatic N) is 1. The summed E-state index contributed by atoms with van der Waals surface area (Å²) in [4.78, 5) is 18.2. The molecular weight excluding hydrogens is 413 g/mol. The fourth-order valence-electron chi connectivity index (χ4n) is 3.95. The summed E-state index contributed by atoms with van der Waals surface area (Å²) in [5, 5.41) is 3.33. The fraction of sp³-hybridized carbons (Fsp3) is 0.154. The van der Waals surface area contributed by atoms with Gasteiger partial charge in [-0.2, -0.15) is 13.2 Å². The van der Waals surface area contributed by atoms with Crippen molar-refractivity contribution in [2.75, 3.05) is 5.32 Å². The first kappa shape index (κ1) is 21.6. The molecule has 0 saturated carbocycles. The summed E-state index contributed by atoms with van der Waals surface area (Å²) in [5.41, 5.74) is 4.44. The van der Waals surface area contributed by atoms with Gasteiger partial charge in [0.1, 0.15) is 0 Å². The second-order valence-electron chi connectivity index (χ2n) is 7.84. The zero-order valence-electron chi connectivity index (χ0n) is 17.8. The third-order valence-electron chi connectivity index (χ3n) is 5.39. The van der Waals surface area contributed by atoms with E-state index in [0.717, 1.165) is 28.8 Å². The molecule has 0 aliphatic rings. The smallest absolute Gasteiger partial charge is 0.322 e. The van der Waals surface area contributed by atoms with Gasteiger partial charge in [-0.05, 0) is 56.2 Å². The molecule has 0 radical (unpaired) electrons. The number of fused-ring (bicyclic) bond motifs is 1. The third-order valence-corrected chi connectivity index (χ3v) is 5.39. The van der Waals surface area contributed by atoms with E-state index in [0.29, 0.717) is 27.7 Å². The second kappa shape index (κ2) is 8.11. The predicted octanol–water partition coefficient (Wildman–Crippen LogP) is 7.10. The highest BCUT2D eigenvalue weighted by Crippen LogP contribution is 2.34. The summed E-state index contributed by atoms with van der Waals surface area (Å²) in [6.07, 6.45) is -4.49. The molecule has 0 saturated heterocycles. The molecule has 3 aromatic carbocycles. The number of carbonyl (C=O) groups is 1. The van der Waals surface area contributed by atoms with E-state index in [1.54, 1.807) is 0 Å². The number of nitrogens with one attached hydrogen (secondary N) is 1. The van der Waals surface area contributed by atoms with E-state index in [-0.39, 0.29) is 5.69 Å². The minimum Gasteiger partial charge on any atom is -0.322 e. The molecule has 0 aliphatic carbocycles. The van der Waals surface area contributed by atoms with Crippen molar-refractivity contribution < 1.29 is 18.0 Å². The van der Waals surface area contributed by atoms with Crippen molar-refractivity contribution in [3.63, 3.8) is 0 Å². The zero-order chi connectivity index (χ0) is 23.0. The highest BCUT2D eigenvalue weighted by molar-refractivity contribution is 6.15. The number of rotatable bonds is 3. The molecule has 0 spiro atoms. The minimum atomic E-state index is -4.49. The molecule has 6 heteroatoms. The monoisotopic (exact) mass is 434 g/mol. The Kier molecular flexibility index (Phi) is 5.46. The van der Waals surface area contributed by atoms with Crippen molar-refractivity contribution in [3.8, 4) is 11.3 Å². The summed E-state index contributed by atoms with van der Waals surface area (Å²) in [7, 11) is 0. The van der Waals surface area contributed by atoms with Gasteiger partial charge in [0.2, 0.25) is 0 Å². The maximum atomic E-state index is 13.4. The number of anilines is 1. The van der Waals surface area contributed by atoms with Crippen LogP contribution in [0.15, 0.2) is 66.7 Å². The Labute approximate surface area is 183 Å². The average Bonchev–Trinajstić information content (AvgIpc) is 2.73. The van der Waals surface area contributed by atoms with Crippen LogP contribution in [0.5, 0.6) is 0 Å². The first-order valence-electron chi connectivity index (χ1n) is 10.1. The molecule has 0 aliphatic heterocycles. The normalized spacial score (nSPS) is 11.6. The van der Waals surface area contributed by atoms with Crippen LogP contribution in [0.1, 0.15) is 32.6 Å². The molecule has 0 atom stereocenters. The van der Waals surface area contributed by atoms with Crippen LogP contribution in [0.2, 0.25) is 0 Å². The lowest BCUT2D eigenvalue weighted by Crippen LogP contribution is -2.16. The van der Waals surface area contributed by atoms with Gasteiger partial charge in [-0.25, -0.2) is 4.98 Å². The Hall–Kier alpha value is -3.67. The van der Waals surface area contributed by atoms with Crippen LogP contribution in [0, 0.1) is 20.8 Å². The summed E-state index contributed by atoms with van der Waals surface area (Å²) in [6.45, 7) is 5.68. The molecule has 3 nitrogen and oxygen atoms in total. The van der Waals surface area contributed by atoms with E-state index in [1.807, 2.05) is 63.2 Å². The van der Waals surface area contributed by atoms with Crippen molar-refractivity contribution in [1.29, 1.82) is 0 Å². The van der Waals surface area contributed by atoms with Gasteiger partial charge < -0.3 is 5.32 Å². The van der Waals surface area contributed by atoms with Gasteiger partial charge in [-0.15, -0.1) is 0 Å². The van der Waals surface area contributed by atoms with Crippen LogP contribution in [0.4, 0.5) is 18.9 Å². The number of aromatic nitrogens is 1. The number of hydrogen-bond acceptors (Lipinski definition) is 2. The first-order valence-corrected chi connectivity index (χ1v) is 10.1. The van der Waals surface area contributed by atoms with E-state index in [4.69, 9.17) is 4.98 Å². The Bertz CT molecular complexity index is 1330. The van der Waals surface area contributed by atoms with Crippen LogP contribution < -0.4 is 5.32 Å². The minimum absolute atomic E-state index is 0.0832. The number of halogens is 3. The molecular formula is C26H21F3N2O. The number of carbonyl (C=O) groups excluding carboxylic acids is 1.